The monoisotopic (exact) mass is 266 g/mol. The molecule has 98 valence electrons. The molecule has 0 aliphatic carbocycles. The molecule has 0 aliphatic rings. The number of nitrogens with two attached hydrogens (primary N) is 1. The molecule has 0 aliphatic heterocycles. The van der Waals surface area contributed by atoms with Gasteiger partial charge in [-0.1, -0.05) is 24.3 Å². The first-order valence-electron chi connectivity index (χ1n) is 5.24. The third-order valence-electron chi connectivity index (χ3n) is 2.36. The van der Waals surface area contributed by atoms with Crippen molar-refractivity contribution >= 4 is 22.6 Å². The van der Waals surface area contributed by atoms with E-state index in [1.165, 1.54) is 6.07 Å². The highest BCUT2D eigenvalue weighted by Crippen LogP contribution is 2.17. The van der Waals surface area contributed by atoms with Crippen LogP contribution in [0, 0.1) is 5.41 Å². The van der Waals surface area contributed by atoms with Gasteiger partial charge in [0, 0.05) is 5.39 Å². The predicted octanol–water partition coefficient (Wildman–Crippen LogP) is 2.48. The Hall–Kier alpha value is -2.44. The molecule has 0 saturated carbocycles. The van der Waals surface area contributed by atoms with E-state index in [1.54, 1.807) is 18.2 Å². The number of fused-ring (bicyclic) bond motifs is 1. The van der Waals surface area contributed by atoms with Crippen molar-refractivity contribution in [1.82, 2.24) is 4.98 Å². The quantitative estimate of drug-likeness (QED) is 0.614. The molecule has 0 saturated heterocycles. The van der Waals surface area contributed by atoms with Crippen LogP contribution in [0.1, 0.15) is 5.69 Å². The summed E-state index contributed by atoms with van der Waals surface area (Å²) >= 11 is 0. The Bertz CT molecular complexity index is 661. The highest BCUT2D eigenvalue weighted by Gasteiger charge is 2.34. The van der Waals surface area contributed by atoms with Crippen molar-refractivity contribution in [3.8, 4) is 0 Å². The highest BCUT2D eigenvalue weighted by molar-refractivity contribution is 6.05. The second-order valence-corrected chi connectivity index (χ2v) is 3.73. The Morgan fingerprint density at radius 1 is 1.16 bits per heavy atom. The largest absolute Gasteiger partial charge is 0.451 e. The van der Waals surface area contributed by atoms with E-state index in [2.05, 4.69) is 9.98 Å². The van der Waals surface area contributed by atoms with Crippen LogP contribution in [0.15, 0.2) is 41.4 Å². The van der Waals surface area contributed by atoms with Gasteiger partial charge in [0.05, 0.1) is 5.52 Å². The minimum Gasteiger partial charge on any atom is -0.382 e. The molecule has 1 aromatic carbocycles. The van der Waals surface area contributed by atoms with E-state index in [4.69, 9.17) is 11.1 Å². The van der Waals surface area contributed by atoms with E-state index in [1.807, 2.05) is 12.1 Å². The summed E-state index contributed by atoms with van der Waals surface area (Å²) in [7, 11) is 0. The van der Waals surface area contributed by atoms with Crippen molar-refractivity contribution in [2.75, 3.05) is 0 Å². The van der Waals surface area contributed by atoms with Crippen LogP contribution in [0.5, 0.6) is 0 Å². The number of para-hydroxylation sites is 1. The number of alkyl halides is 3. The minimum absolute atomic E-state index is 0.104. The number of nitrogens with one attached hydrogen (secondary N) is 1. The maximum absolute atomic E-state index is 12.2. The second-order valence-electron chi connectivity index (χ2n) is 3.73. The smallest absolute Gasteiger partial charge is 0.382 e. The van der Waals surface area contributed by atoms with Gasteiger partial charge in [-0.15, -0.1) is 0 Å². The topological polar surface area (TPSA) is 75.1 Å². The van der Waals surface area contributed by atoms with E-state index < -0.39 is 17.8 Å². The van der Waals surface area contributed by atoms with Gasteiger partial charge in [0.25, 0.3) is 0 Å². The number of aromatic nitrogens is 1. The Morgan fingerprint density at radius 3 is 2.53 bits per heavy atom. The zero-order valence-corrected chi connectivity index (χ0v) is 9.57. The lowest BCUT2D eigenvalue weighted by Crippen LogP contribution is -2.25. The van der Waals surface area contributed by atoms with Gasteiger partial charge in [-0.05, 0) is 12.1 Å². The van der Waals surface area contributed by atoms with Crippen LogP contribution in [-0.2, 0) is 0 Å². The Kier molecular flexibility index (Phi) is 3.20. The lowest BCUT2D eigenvalue weighted by molar-refractivity contribution is -0.0604. The van der Waals surface area contributed by atoms with E-state index in [-0.39, 0.29) is 5.69 Å². The van der Waals surface area contributed by atoms with Crippen LogP contribution in [-0.4, -0.2) is 22.8 Å². The molecule has 0 radical (unpaired) electrons. The predicted molar refractivity (Wildman–Crippen MR) is 66.2 cm³/mol. The molecule has 0 spiro atoms. The van der Waals surface area contributed by atoms with Gasteiger partial charge in [-0.3, -0.25) is 5.41 Å². The van der Waals surface area contributed by atoms with Crippen molar-refractivity contribution < 1.29 is 13.2 Å². The number of benzene rings is 1. The number of hydrogen-bond acceptors (Lipinski definition) is 2. The molecular weight excluding hydrogens is 257 g/mol. The molecule has 4 nitrogen and oxygen atoms in total. The third kappa shape index (κ3) is 2.87. The number of pyridine rings is 1. The van der Waals surface area contributed by atoms with Crippen molar-refractivity contribution in [3.63, 3.8) is 0 Å². The molecule has 3 N–H and O–H groups in total. The molecule has 1 aromatic heterocycles. The molecule has 19 heavy (non-hydrogen) atoms. The number of aliphatic imine (C=N–C) groups is 1. The van der Waals surface area contributed by atoms with Gasteiger partial charge in [0.1, 0.15) is 5.69 Å². The van der Waals surface area contributed by atoms with Crippen molar-refractivity contribution in [2.45, 2.75) is 6.18 Å². The van der Waals surface area contributed by atoms with Crippen LogP contribution in [0.3, 0.4) is 0 Å². The van der Waals surface area contributed by atoms with Gasteiger partial charge < -0.3 is 5.73 Å². The van der Waals surface area contributed by atoms with Gasteiger partial charge >= 0.3 is 6.18 Å². The summed E-state index contributed by atoms with van der Waals surface area (Å²) in [5.41, 5.74) is 6.13. The lowest BCUT2D eigenvalue weighted by Gasteiger charge is -2.05. The first-order valence-corrected chi connectivity index (χ1v) is 5.24. The number of halogens is 3. The van der Waals surface area contributed by atoms with Gasteiger partial charge in [-0.2, -0.15) is 13.2 Å². The molecule has 0 amide bonds. The Labute approximate surface area is 106 Å². The summed E-state index contributed by atoms with van der Waals surface area (Å²) in [5, 5.41) is 7.60. The van der Waals surface area contributed by atoms with Crippen molar-refractivity contribution in [3.05, 3.63) is 42.1 Å². The normalized spacial score (nSPS) is 12.7. The zero-order valence-electron chi connectivity index (χ0n) is 9.57. The average Bonchev–Trinajstić information content (AvgIpc) is 2.37. The van der Waals surface area contributed by atoms with Gasteiger partial charge in [-0.25, -0.2) is 9.98 Å². The van der Waals surface area contributed by atoms with Crippen LogP contribution >= 0.6 is 0 Å². The van der Waals surface area contributed by atoms with Crippen LogP contribution in [0.2, 0.25) is 0 Å². The first-order chi connectivity index (χ1) is 8.88. The number of nitrogens with zero attached hydrogens (tertiary/aromatic N) is 2. The fraction of sp³-hybridized carbons (Fsp3) is 0.0833. The number of hydrogen-bond donors (Lipinski definition) is 2. The summed E-state index contributed by atoms with van der Waals surface area (Å²) in [6.07, 6.45) is -4.82. The van der Waals surface area contributed by atoms with E-state index in [0.29, 0.717) is 5.52 Å². The standard InChI is InChI=1S/C12H9F3N4/c13-12(14,15)11(17)19-10(16)9-6-5-7-3-1-2-4-8(7)18-9/h1-6H,(H3,16,17,19). The van der Waals surface area contributed by atoms with Crippen molar-refractivity contribution in [1.29, 1.82) is 5.41 Å². The zero-order chi connectivity index (χ0) is 14.0. The second kappa shape index (κ2) is 4.68. The molecule has 2 rings (SSSR count). The van der Waals surface area contributed by atoms with E-state index in [9.17, 15) is 13.2 Å². The van der Waals surface area contributed by atoms with Crippen LogP contribution in [0.25, 0.3) is 10.9 Å². The summed E-state index contributed by atoms with van der Waals surface area (Å²) in [4.78, 5) is 7.11. The van der Waals surface area contributed by atoms with Gasteiger partial charge in [0.2, 0.25) is 5.84 Å². The Balaban J connectivity index is 2.39. The molecule has 0 unspecified atom stereocenters. The fourth-order valence-electron chi connectivity index (χ4n) is 1.45. The van der Waals surface area contributed by atoms with Crippen LogP contribution < -0.4 is 5.73 Å². The van der Waals surface area contributed by atoms with E-state index in [0.717, 1.165) is 5.39 Å². The summed E-state index contributed by atoms with van der Waals surface area (Å²) in [6, 6.07) is 10.2. The minimum atomic E-state index is -4.82. The third-order valence-corrected chi connectivity index (χ3v) is 2.36. The highest BCUT2D eigenvalue weighted by atomic mass is 19.4. The molecule has 0 fully saturated rings. The Morgan fingerprint density at radius 2 is 1.84 bits per heavy atom. The number of rotatable bonds is 1. The SMILES string of the molecule is N=C(/N=C(\N)c1ccc2ccccc2n1)C(F)(F)F. The molecular formula is C12H9F3N4. The maximum Gasteiger partial charge on any atom is 0.451 e. The number of amidine groups is 2. The van der Waals surface area contributed by atoms with Crippen LogP contribution in [0.4, 0.5) is 13.2 Å². The molecule has 0 bridgehead atoms. The average molecular weight is 266 g/mol. The lowest BCUT2D eigenvalue weighted by atomic mass is 10.2. The van der Waals surface area contributed by atoms with Crippen molar-refractivity contribution in [2.24, 2.45) is 10.7 Å². The maximum atomic E-state index is 12.2. The summed E-state index contributed by atoms with van der Waals surface area (Å²) in [5.74, 6) is -2.19. The van der Waals surface area contributed by atoms with Gasteiger partial charge in [0.15, 0.2) is 5.84 Å². The van der Waals surface area contributed by atoms with E-state index >= 15 is 0 Å². The molecule has 7 heteroatoms. The first kappa shape index (κ1) is 13.0. The summed E-state index contributed by atoms with van der Waals surface area (Å²) in [6.45, 7) is 0. The summed E-state index contributed by atoms with van der Waals surface area (Å²) < 4.78 is 36.5. The molecule has 0 atom stereocenters. The molecule has 2 aromatic rings. The molecule has 1 heterocycles. The fourth-order valence-corrected chi connectivity index (χ4v) is 1.45.